The standard InChI is InChI=1S/C21H21N3O3/c1-15-3-7-17(8-4-15)19-11-21(26)24(14-23-19)13-20(25)22-12-16-5-9-18(27-2)10-6-16/h3-11,14H,12-13H2,1-2H3,(H,22,25). The Morgan fingerprint density at radius 2 is 1.81 bits per heavy atom. The van der Waals surface area contributed by atoms with Crippen LogP contribution in [-0.2, 0) is 17.9 Å². The summed E-state index contributed by atoms with van der Waals surface area (Å²) in [6.45, 7) is 2.31. The van der Waals surface area contributed by atoms with Crippen molar-refractivity contribution in [2.75, 3.05) is 7.11 Å². The summed E-state index contributed by atoms with van der Waals surface area (Å²) in [6.07, 6.45) is 1.41. The lowest BCUT2D eigenvalue weighted by atomic mass is 10.1. The first kappa shape index (κ1) is 18.4. The van der Waals surface area contributed by atoms with Gasteiger partial charge in [-0.2, -0.15) is 0 Å². The van der Waals surface area contributed by atoms with E-state index >= 15 is 0 Å². The van der Waals surface area contributed by atoms with Gasteiger partial charge in [-0.15, -0.1) is 0 Å². The number of carbonyl (C=O) groups is 1. The van der Waals surface area contributed by atoms with Crippen LogP contribution in [0, 0.1) is 6.92 Å². The van der Waals surface area contributed by atoms with Crippen LogP contribution in [0.1, 0.15) is 11.1 Å². The Morgan fingerprint density at radius 1 is 1.11 bits per heavy atom. The van der Waals surface area contributed by atoms with Gasteiger partial charge in [0.2, 0.25) is 5.91 Å². The number of hydrogen-bond acceptors (Lipinski definition) is 4. The number of methoxy groups -OCH3 is 1. The maximum absolute atomic E-state index is 12.3. The predicted octanol–water partition coefficient (Wildman–Crippen LogP) is 2.54. The molecule has 1 N–H and O–H groups in total. The number of aromatic nitrogens is 2. The highest BCUT2D eigenvalue weighted by atomic mass is 16.5. The minimum Gasteiger partial charge on any atom is -0.497 e. The number of ether oxygens (including phenoxy) is 1. The Hall–Kier alpha value is -3.41. The summed E-state index contributed by atoms with van der Waals surface area (Å²) in [6, 6.07) is 16.6. The molecule has 0 saturated carbocycles. The van der Waals surface area contributed by atoms with Crippen LogP contribution < -0.4 is 15.6 Å². The molecule has 1 heterocycles. The lowest BCUT2D eigenvalue weighted by molar-refractivity contribution is -0.121. The van der Waals surface area contributed by atoms with E-state index in [0.717, 1.165) is 22.4 Å². The molecule has 0 aliphatic heterocycles. The number of rotatable bonds is 6. The van der Waals surface area contributed by atoms with Gasteiger partial charge in [-0.1, -0.05) is 42.0 Å². The van der Waals surface area contributed by atoms with Gasteiger partial charge in [-0.05, 0) is 24.6 Å². The van der Waals surface area contributed by atoms with E-state index in [1.807, 2.05) is 55.5 Å². The molecule has 3 rings (SSSR count). The quantitative estimate of drug-likeness (QED) is 0.730. The van der Waals surface area contributed by atoms with E-state index in [1.54, 1.807) is 7.11 Å². The number of nitrogens with zero attached hydrogens (tertiary/aromatic N) is 2. The Labute approximate surface area is 157 Å². The normalized spacial score (nSPS) is 10.4. The smallest absolute Gasteiger partial charge is 0.254 e. The number of benzene rings is 2. The van der Waals surface area contributed by atoms with Crippen LogP contribution >= 0.6 is 0 Å². The van der Waals surface area contributed by atoms with E-state index in [0.29, 0.717) is 12.2 Å². The fourth-order valence-corrected chi connectivity index (χ4v) is 2.58. The fraction of sp³-hybridized carbons (Fsp3) is 0.190. The minimum absolute atomic E-state index is 0.0732. The highest BCUT2D eigenvalue weighted by molar-refractivity contribution is 5.75. The zero-order chi connectivity index (χ0) is 19.2. The summed E-state index contributed by atoms with van der Waals surface area (Å²) >= 11 is 0. The highest BCUT2D eigenvalue weighted by Gasteiger charge is 2.07. The maximum Gasteiger partial charge on any atom is 0.254 e. The first-order valence-electron chi connectivity index (χ1n) is 8.58. The molecule has 0 atom stereocenters. The van der Waals surface area contributed by atoms with Gasteiger partial charge in [0.25, 0.3) is 5.56 Å². The van der Waals surface area contributed by atoms with Crippen molar-refractivity contribution >= 4 is 5.91 Å². The number of hydrogen-bond donors (Lipinski definition) is 1. The van der Waals surface area contributed by atoms with Crippen LogP contribution in [0.3, 0.4) is 0 Å². The van der Waals surface area contributed by atoms with Gasteiger partial charge in [0.15, 0.2) is 0 Å². The predicted molar refractivity (Wildman–Crippen MR) is 104 cm³/mol. The van der Waals surface area contributed by atoms with Gasteiger partial charge in [0.05, 0.1) is 19.1 Å². The molecule has 0 aliphatic rings. The van der Waals surface area contributed by atoms with Gasteiger partial charge in [0.1, 0.15) is 12.3 Å². The summed E-state index contributed by atoms with van der Waals surface area (Å²) in [4.78, 5) is 28.7. The highest BCUT2D eigenvalue weighted by Crippen LogP contribution is 2.15. The van der Waals surface area contributed by atoms with Crippen molar-refractivity contribution in [1.82, 2.24) is 14.9 Å². The summed E-state index contributed by atoms with van der Waals surface area (Å²) in [5.41, 5.74) is 3.29. The van der Waals surface area contributed by atoms with Crippen LogP contribution in [0.4, 0.5) is 0 Å². The number of aryl methyl sites for hydroxylation is 1. The second-order valence-corrected chi connectivity index (χ2v) is 6.23. The van der Waals surface area contributed by atoms with Crippen molar-refractivity contribution in [3.63, 3.8) is 0 Å². The Balaban J connectivity index is 1.62. The van der Waals surface area contributed by atoms with Gasteiger partial charge < -0.3 is 10.1 Å². The topological polar surface area (TPSA) is 73.2 Å². The van der Waals surface area contributed by atoms with Crippen molar-refractivity contribution in [1.29, 1.82) is 0 Å². The van der Waals surface area contributed by atoms with E-state index in [-0.39, 0.29) is 18.0 Å². The summed E-state index contributed by atoms with van der Waals surface area (Å²) in [5, 5.41) is 2.80. The van der Waals surface area contributed by atoms with Crippen molar-refractivity contribution in [3.8, 4) is 17.0 Å². The number of carbonyl (C=O) groups excluding carboxylic acids is 1. The molecule has 6 heteroatoms. The minimum atomic E-state index is -0.264. The van der Waals surface area contributed by atoms with E-state index in [9.17, 15) is 9.59 Å². The summed E-state index contributed by atoms with van der Waals surface area (Å²) < 4.78 is 6.39. The van der Waals surface area contributed by atoms with E-state index in [2.05, 4.69) is 10.3 Å². The second-order valence-electron chi connectivity index (χ2n) is 6.23. The molecule has 0 bridgehead atoms. The lowest BCUT2D eigenvalue weighted by Crippen LogP contribution is -2.31. The van der Waals surface area contributed by atoms with Crippen molar-refractivity contribution in [2.24, 2.45) is 0 Å². The molecule has 1 aromatic heterocycles. The molecule has 0 aliphatic carbocycles. The SMILES string of the molecule is COc1ccc(CNC(=O)Cn2cnc(-c3ccc(C)cc3)cc2=O)cc1. The average molecular weight is 363 g/mol. The molecular formula is C21H21N3O3. The van der Waals surface area contributed by atoms with Gasteiger partial charge in [-0.3, -0.25) is 14.2 Å². The molecule has 0 spiro atoms. The largest absolute Gasteiger partial charge is 0.497 e. The summed E-state index contributed by atoms with van der Waals surface area (Å²) in [5.74, 6) is 0.508. The monoisotopic (exact) mass is 363 g/mol. The first-order valence-corrected chi connectivity index (χ1v) is 8.58. The molecule has 0 saturated heterocycles. The molecule has 2 aromatic carbocycles. The van der Waals surface area contributed by atoms with E-state index in [1.165, 1.54) is 17.0 Å². The van der Waals surface area contributed by atoms with Crippen LogP contribution in [0.5, 0.6) is 5.75 Å². The lowest BCUT2D eigenvalue weighted by Gasteiger charge is -2.09. The number of amides is 1. The third-order valence-electron chi connectivity index (χ3n) is 4.19. The van der Waals surface area contributed by atoms with Crippen molar-refractivity contribution in [3.05, 3.63) is 82.4 Å². The molecule has 1 amide bonds. The van der Waals surface area contributed by atoms with E-state index in [4.69, 9.17) is 4.74 Å². The zero-order valence-electron chi connectivity index (χ0n) is 15.3. The van der Waals surface area contributed by atoms with Crippen LogP contribution in [-0.4, -0.2) is 22.6 Å². The molecule has 0 unspecified atom stereocenters. The van der Waals surface area contributed by atoms with E-state index < -0.39 is 0 Å². The number of nitrogens with one attached hydrogen (secondary N) is 1. The van der Waals surface area contributed by atoms with Crippen molar-refractivity contribution < 1.29 is 9.53 Å². The third-order valence-corrected chi connectivity index (χ3v) is 4.19. The Bertz CT molecular complexity index is 977. The van der Waals surface area contributed by atoms with Gasteiger partial charge in [-0.25, -0.2) is 4.98 Å². The van der Waals surface area contributed by atoms with Crippen LogP contribution in [0.15, 0.2) is 65.7 Å². The molecule has 0 radical (unpaired) electrons. The van der Waals surface area contributed by atoms with Crippen LogP contribution in [0.25, 0.3) is 11.3 Å². The zero-order valence-corrected chi connectivity index (χ0v) is 15.3. The fourth-order valence-electron chi connectivity index (χ4n) is 2.58. The first-order chi connectivity index (χ1) is 13.0. The van der Waals surface area contributed by atoms with Gasteiger partial charge >= 0.3 is 0 Å². The molecule has 138 valence electrons. The maximum atomic E-state index is 12.3. The van der Waals surface area contributed by atoms with Gasteiger partial charge in [0, 0.05) is 18.2 Å². The molecule has 3 aromatic rings. The summed E-state index contributed by atoms with van der Waals surface area (Å²) in [7, 11) is 1.60. The molecule has 0 fully saturated rings. The average Bonchev–Trinajstić information content (AvgIpc) is 2.69. The third kappa shape index (κ3) is 4.82. The Morgan fingerprint density at radius 3 is 2.44 bits per heavy atom. The molecular weight excluding hydrogens is 342 g/mol. The second kappa shape index (κ2) is 8.31. The van der Waals surface area contributed by atoms with Crippen LogP contribution in [0.2, 0.25) is 0 Å². The van der Waals surface area contributed by atoms with Crippen molar-refractivity contribution in [2.45, 2.75) is 20.0 Å². The molecule has 27 heavy (non-hydrogen) atoms. The Kier molecular flexibility index (Phi) is 5.66. The molecule has 6 nitrogen and oxygen atoms in total.